The first-order valence-corrected chi connectivity index (χ1v) is 9.70. The van der Waals surface area contributed by atoms with Crippen LogP contribution in [0.2, 0.25) is 0 Å². The minimum atomic E-state index is 0.771. The molecule has 3 heterocycles. The second-order valence-corrected chi connectivity index (χ2v) is 7.11. The lowest BCUT2D eigenvalue weighted by Crippen LogP contribution is -1.87. The van der Waals surface area contributed by atoms with Crippen LogP contribution in [0.5, 0.6) is 11.5 Å². The number of nitrogens with one attached hydrogen (secondary N) is 1. The molecule has 5 heteroatoms. The van der Waals surface area contributed by atoms with Crippen LogP contribution in [0.15, 0.2) is 41.6 Å². The Bertz CT molecular complexity index is 889. The number of hydrogen-bond acceptors (Lipinski definition) is 4. The highest BCUT2D eigenvalue weighted by Crippen LogP contribution is 2.37. The molecule has 1 N–H and O–H groups in total. The van der Waals surface area contributed by atoms with Gasteiger partial charge >= 0.3 is 0 Å². The predicted molar refractivity (Wildman–Crippen MR) is 99.6 cm³/mol. The summed E-state index contributed by atoms with van der Waals surface area (Å²) in [5.74, 6) is 2.00. The van der Waals surface area contributed by atoms with Crippen molar-refractivity contribution >= 4 is 11.8 Å². The van der Waals surface area contributed by atoms with Gasteiger partial charge in [0.15, 0.2) is 5.16 Å². The molecule has 1 aromatic heterocycles. The van der Waals surface area contributed by atoms with Crippen molar-refractivity contribution in [1.29, 1.82) is 0 Å². The van der Waals surface area contributed by atoms with E-state index in [0.29, 0.717) is 0 Å². The highest BCUT2D eigenvalue weighted by atomic mass is 32.2. The summed E-state index contributed by atoms with van der Waals surface area (Å²) >= 11 is 1.63. The molecule has 3 aromatic rings. The SMILES string of the molecule is CSc1nc(-c2ccc3c(c2)CCO3)c(-c2ccc3c(c2)CCO3)[nH]1. The van der Waals surface area contributed by atoms with Gasteiger partial charge < -0.3 is 14.5 Å². The smallest absolute Gasteiger partial charge is 0.166 e. The van der Waals surface area contributed by atoms with Crippen molar-refractivity contribution in [2.24, 2.45) is 0 Å². The maximum Gasteiger partial charge on any atom is 0.166 e. The number of hydrogen-bond donors (Lipinski definition) is 1. The molecular formula is C20H18N2O2S. The zero-order valence-electron chi connectivity index (χ0n) is 14.0. The van der Waals surface area contributed by atoms with E-state index in [1.165, 1.54) is 11.1 Å². The quantitative estimate of drug-likeness (QED) is 0.714. The Kier molecular flexibility index (Phi) is 3.48. The number of nitrogens with zero attached hydrogens (tertiary/aromatic N) is 1. The van der Waals surface area contributed by atoms with Crippen molar-refractivity contribution in [3.63, 3.8) is 0 Å². The van der Waals surface area contributed by atoms with E-state index in [4.69, 9.17) is 14.5 Å². The van der Waals surface area contributed by atoms with Crippen LogP contribution in [0, 0.1) is 0 Å². The standard InChI is InChI=1S/C20H18N2O2S/c1-25-20-21-18(14-2-4-16-12(10-14)6-8-23-16)19(22-20)15-3-5-17-13(11-15)7-9-24-17/h2-5,10-11H,6-9H2,1H3,(H,21,22). The van der Waals surface area contributed by atoms with Crippen molar-refractivity contribution in [3.8, 4) is 34.0 Å². The molecule has 2 aliphatic heterocycles. The number of thioether (sulfide) groups is 1. The Labute approximate surface area is 150 Å². The van der Waals surface area contributed by atoms with Crippen LogP contribution in [-0.4, -0.2) is 29.4 Å². The fourth-order valence-corrected chi connectivity index (χ4v) is 3.93. The number of imidazole rings is 1. The van der Waals surface area contributed by atoms with E-state index in [-0.39, 0.29) is 0 Å². The van der Waals surface area contributed by atoms with E-state index >= 15 is 0 Å². The number of aromatic amines is 1. The van der Waals surface area contributed by atoms with Gasteiger partial charge in [-0.15, -0.1) is 0 Å². The second-order valence-electron chi connectivity index (χ2n) is 6.31. The molecule has 0 unspecified atom stereocenters. The van der Waals surface area contributed by atoms with Gasteiger partial charge in [0.2, 0.25) is 0 Å². The summed E-state index contributed by atoms with van der Waals surface area (Å²) in [5, 5.41) is 0.929. The van der Waals surface area contributed by atoms with Crippen molar-refractivity contribution in [2.45, 2.75) is 18.0 Å². The molecule has 0 spiro atoms. The molecule has 0 aliphatic carbocycles. The normalized spacial score (nSPS) is 14.8. The van der Waals surface area contributed by atoms with Gasteiger partial charge in [-0.3, -0.25) is 0 Å². The summed E-state index contributed by atoms with van der Waals surface area (Å²) in [5.41, 5.74) is 6.89. The number of H-pyrrole nitrogens is 1. The van der Waals surface area contributed by atoms with Crippen LogP contribution in [0.1, 0.15) is 11.1 Å². The topological polar surface area (TPSA) is 47.1 Å². The van der Waals surface area contributed by atoms with Crippen LogP contribution >= 0.6 is 11.8 Å². The van der Waals surface area contributed by atoms with Crippen molar-refractivity contribution < 1.29 is 9.47 Å². The largest absolute Gasteiger partial charge is 0.493 e. The van der Waals surface area contributed by atoms with E-state index in [1.54, 1.807) is 11.8 Å². The molecule has 0 amide bonds. The highest BCUT2D eigenvalue weighted by Gasteiger charge is 2.20. The average molecular weight is 350 g/mol. The van der Waals surface area contributed by atoms with Gasteiger partial charge in [-0.05, 0) is 53.8 Å². The second kappa shape index (κ2) is 5.85. The molecule has 0 saturated heterocycles. The molecule has 25 heavy (non-hydrogen) atoms. The Balaban J connectivity index is 1.64. The third kappa shape index (κ3) is 2.50. The van der Waals surface area contributed by atoms with E-state index in [2.05, 4.69) is 41.4 Å². The van der Waals surface area contributed by atoms with Crippen molar-refractivity contribution in [2.75, 3.05) is 19.5 Å². The van der Waals surface area contributed by atoms with E-state index < -0.39 is 0 Å². The fourth-order valence-electron chi connectivity index (χ4n) is 3.54. The Hall–Kier alpha value is -2.40. The Morgan fingerprint density at radius 1 is 0.920 bits per heavy atom. The average Bonchev–Trinajstić information content (AvgIpc) is 3.37. The summed E-state index contributed by atoms with van der Waals surface area (Å²) in [7, 11) is 0. The van der Waals surface area contributed by atoms with Gasteiger partial charge in [-0.1, -0.05) is 11.8 Å². The maximum absolute atomic E-state index is 5.64. The first kappa shape index (κ1) is 14.9. The van der Waals surface area contributed by atoms with Crippen LogP contribution in [0.3, 0.4) is 0 Å². The lowest BCUT2D eigenvalue weighted by atomic mass is 10.0. The molecule has 0 radical (unpaired) electrons. The summed E-state index contributed by atoms with van der Waals surface area (Å²) in [6.45, 7) is 1.54. The van der Waals surface area contributed by atoms with Gasteiger partial charge in [-0.25, -0.2) is 4.98 Å². The summed E-state index contributed by atoms with van der Waals surface area (Å²) < 4.78 is 11.3. The molecular weight excluding hydrogens is 332 g/mol. The Morgan fingerprint density at radius 3 is 2.24 bits per heavy atom. The third-order valence-corrected chi connectivity index (χ3v) is 5.40. The van der Waals surface area contributed by atoms with Crippen molar-refractivity contribution in [3.05, 3.63) is 47.5 Å². The number of rotatable bonds is 3. The Morgan fingerprint density at radius 2 is 1.56 bits per heavy atom. The minimum Gasteiger partial charge on any atom is -0.493 e. The maximum atomic E-state index is 5.64. The molecule has 0 atom stereocenters. The molecule has 2 aliphatic rings. The highest BCUT2D eigenvalue weighted by molar-refractivity contribution is 7.98. The first-order valence-electron chi connectivity index (χ1n) is 8.48. The van der Waals surface area contributed by atoms with E-state index in [1.807, 2.05) is 6.26 Å². The van der Waals surface area contributed by atoms with Crippen LogP contribution in [0.4, 0.5) is 0 Å². The minimum absolute atomic E-state index is 0.771. The number of benzene rings is 2. The van der Waals surface area contributed by atoms with Gasteiger partial charge in [0.1, 0.15) is 11.5 Å². The van der Waals surface area contributed by atoms with Crippen molar-refractivity contribution in [1.82, 2.24) is 9.97 Å². The van der Waals surface area contributed by atoms with Gasteiger partial charge in [-0.2, -0.15) is 0 Å². The summed E-state index contributed by atoms with van der Waals surface area (Å²) in [6, 6.07) is 12.8. The molecule has 4 nitrogen and oxygen atoms in total. The van der Waals surface area contributed by atoms with Gasteiger partial charge in [0, 0.05) is 24.0 Å². The van der Waals surface area contributed by atoms with E-state index in [0.717, 1.165) is 65.2 Å². The number of ether oxygens (including phenoxy) is 2. The van der Waals surface area contributed by atoms with Crippen LogP contribution in [-0.2, 0) is 12.8 Å². The fraction of sp³-hybridized carbons (Fsp3) is 0.250. The lowest BCUT2D eigenvalue weighted by molar-refractivity contribution is 0.356. The molecule has 0 saturated carbocycles. The number of fused-ring (bicyclic) bond motifs is 2. The summed E-state index contributed by atoms with van der Waals surface area (Å²) in [6.07, 6.45) is 3.98. The molecule has 0 bridgehead atoms. The van der Waals surface area contributed by atoms with Gasteiger partial charge in [0.05, 0.1) is 24.6 Å². The zero-order valence-corrected chi connectivity index (χ0v) is 14.8. The van der Waals surface area contributed by atoms with E-state index in [9.17, 15) is 0 Å². The molecule has 2 aromatic carbocycles. The van der Waals surface area contributed by atoms with Crippen LogP contribution < -0.4 is 9.47 Å². The lowest BCUT2D eigenvalue weighted by Gasteiger charge is -2.07. The number of aromatic nitrogens is 2. The molecule has 126 valence electrons. The van der Waals surface area contributed by atoms with Crippen LogP contribution in [0.25, 0.3) is 22.5 Å². The molecule has 5 rings (SSSR count). The monoisotopic (exact) mass is 350 g/mol. The zero-order chi connectivity index (χ0) is 16.8. The predicted octanol–water partition coefficient (Wildman–Crippen LogP) is 4.34. The summed E-state index contributed by atoms with van der Waals surface area (Å²) in [4.78, 5) is 8.31. The third-order valence-electron chi connectivity index (χ3n) is 4.82. The van der Waals surface area contributed by atoms with Gasteiger partial charge in [0.25, 0.3) is 0 Å². The first-order chi connectivity index (χ1) is 12.3. The molecule has 0 fully saturated rings.